The lowest BCUT2D eigenvalue weighted by Gasteiger charge is -2.42. The molecule has 4 nitrogen and oxygen atoms in total. The van der Waals surface area contributed by atoms with Gasteiger partial charge < -0.3 is 9.88 Å². The van der Waals surface area contributed by atoms with E-state index in [1.54, 1.807) is 0 Å². The highest BCUT2D eigenvalue weighted by molar-refractivity contribution is 5.99. The number of benzene rings is 1. The molecular formula is C22H26FN3O. The minimum absolute atomic E-state index is 0.0761. The van der Waals surface area contributed by atoms with E-state index in [1.165, 1.54) is 10.9 Å². The van der Waals surface area contributed by atoms with Crippen LogP contribution in [0.1, 0.15) is 25.0 Å². The van der Waals surface area contributed by atoms with Crippen molar-refractivity contribution < 1.29 is 9.18 Å². The summed E-state index contributed by atoms with van der Waals surface area (Å²) >= 11 is 0. The van der Waals surface area contributed by atoms with Gasteiger partial charge in [0.15, 0.2) is 0 Å². The van der Waals surface area contributed by atoms with E-state index in [-0.39, 0.29) is 30.2 Å². The van der Waals surface area contributed by atoms with Gasteiger partial charge in [0, 0.05) is 42.8 Å². The van der Waals surface area contributed by atoms with Crippen molar-refractivity contribution in [2.75, 3.05) is 26.2 Å². The highest BCUT2D eigenvalue weighted by atomic mass is 19.1. The SMILES string of the molecule is C=C(F)CN1C[C@H](C(=O)N(CC)CC)C=C2c3cccc4[nH]cc(c34)C[C@H]21. The molecule has 1 aromatic heterocycles. The molecule has 0 fully saturated rings. The number of fused-ring (bicyclic) bond motifs is 2. The van der Waals surface area contributed by atoms with E-state index < -0.39 is 0 Å². The third-order valence-electron chi connectivity index (χ3n) is 5.89. The van der Waals surface area contributed by atoms with Crippen LogP contribution in [0.2, 0.25) is 0 Å². The Labute approximate surface area is 159 Å². The van der Waals surface area contributed by atoms with E-state index in [1.807, 2.05) is 24.8 Å². The molecule has 2 atom stereocenters. The molecular weight excluding hydrogens is 341 g/mol. The van der Waals surface area contributed by atoms with Crippen LogP contribution >= 0.6 is 0 Å². The van der Waals surface area contributed by atoms with E-state index in [4.69, 9.17) is 0 Å². The Hall–Kier alpha value is -2.40. The number of hydrogen-bond donors (Lipinski definition) is 1. The fourth-order valence-corrected chi connectivity index (χ4v) is 4.65. The topological polar surface area (TPSA) is 39.3 Å². The minimum Gasteiger partial charge on any atom is -0.361 e. The lowest BCUT2D eigenvalue weighted by molar-refractivity contribution is -0.134. The first kappa shape index (κ1) is 18.0. The lowest BCUT2D eigenvalue weighted by atomic mass is 9.79. The second-order valence-electron chi connectivity index (χ2n) is 7.45. The number of amides is 1. The number of aromatic amines is 1. The van der Waals surface area contributed by atoms with Crippen molar-refractivity contribution in [2.45, 2.75) is 26.3 Å². The number of carbonyl (C=O) groups excluding carboxylic acids is 1. The molecule has 27 heavy (non-hydrogen) atoms. The van der Waals surface area contributed by atoms with E-state index >= 15 is 0 Å². The number of halogens is 1. The number of carbonyl (C=O) groups is 1. The van der Waals surface area contributed by atoms with Crippen molar-refractivity contribution in [1.29, 1.82) is 0 Å². The van der Waals surface area contributed by atoms with E-state index in [9.17, 15) is 9.18 Å². The standard InChI is InChI=1S/C22H26FN3O/c1-4-25(5-2)22(27)16-9-18-17-7-6-8-19-21(17)15(11-24-19)10-20(18)26(13-16)12-14(3)23/h6-9,11,16,20,24H,3-5,10,12-13H2,1-2H3/t16-,20-/m1/s1. The molecule has 1 aliphatic carbocycles. The highest BCUT2D eigenvalue weighted by Crippen LogP contribution is 2.41. The number of H-pyrrole nitrogens is 1. The van der Waals surface area contributed by atoms with Gasteiger partial charge in [-0.2, -0.15) is 0 Å². The molecule has 1 aromatic carbocycles. The summed E-state index contributed by atoms with van der Waals surface area (Å²) in [4.78, 5) is 20.3. The summed E-state index contributed by atoms with van der Waals surface area (Å²) in [6.07, 6.45) is 5.01. The molecule has 0 radical (unpaired) electrons. The van der Waals surface area contributed by atoms with E-state index in [0.29, 0.717) is 19.6 Å². The lowest BCUT2D eigenvalue weighted by Crippen LogP contribution is -2.49. The maximum Gasteiger partial charge on any atom is 0.230 e. The van der Waals surface area contributed by atoms with Crippen LogP contribution in [0.15, 0.2) is 42.9 Å². The fourth-order valence-electron chi connectivity index (χ4n) is 4.65. The van der Waals surface area contributed by atoms with Crippen molar-refractivity contribution in [3.05, 3.63) is 54.0 Å². The van der Waals surface area contributed by atoms with Crippen LogP contribution in [-0.2, 0) is 11.2 Å². The Kier molecular flexibility index (Phi) is 4.64. The Balaban J connectivity index is 1.81. The van der Waals surface area contributed by atoms with Crippen LogP contribution in [0, 0.1) is 5.92 Å². The van der Waals surface area contributed by atoms with Crippen molar-refractivity contribution >= 4 is 22.4 Å². The van der Waals surface area contributed by atoms with E-state index in [2.05, 4.69) is 40.9 Å². The molecule has 1 amide bonds. The molecule has 2 aromatic rings. The average Bonchev–Trinajstić information content (AvgIpc) is 3.07. The normalized spacial score (nSPS) is 21.7. The highest BCUT2D eigenvalue weighted by Gasteiger charge is 2.38. The summed E-state index contributed by atoms with van der Waals surface area (Å²) in [6, 6.07) is 6.30. The number of rotatable bonds is 5. The van der Waals surface area contributed by atoms with Gasteiger partial charge in [0.25, 0.3) is 0 Å². The predicted octanol–water partition coefficient (Wildman–Crippen LogP) is 3.76. The van der Waals surface area contributed by atoms with Gasteiger partial charge in [-0.3, -0.25) is 9.69 Å². The van der Waals surface area contributed by atoms with Crippen molar-refractivity contribution in [2.24, 2.45) is 5.92 Å². The molecule has 5 heteroatoms. The van der Waals surface area contributed by atoms with Crippen LogP contribution in [0.3, 0.4) is 0 Å². The quantitative estimate of drug-likeness (QED) is 0.874. The van der Waals surface area contributed by atoms with Gasteiger partial charge in [-0.1, -0.05) is 24.8 Å². The number of hydrogen-bond acceptors (Lipinski definition) is 2. The Morgan fingerprint density at radius 1 is 1.37 bits per heavy atom. The van der Waals surface area contributed by atoms with Crippen molar-refractivity contribution in [3.63, 3.8) is 0 Å². The van der Waals surface area contributed by atoms with Crippen molar-refractivity contribution in [3.8, 4) is 0 Å². The first-order valence-electron chi connectivity index (χ1n) is 9.70. The van der Waals surface area contributed by atoms with Gasteiger partial charge in [-0.25, -0.2) is 4.39 Å². The summed E-state index contributed by atoms with van der Waals surface area (Å²) in [6.45, 7) is 9.53. The maximum atomic E-state index is 13.8. The van der Waals surface area contributed by atoms with Gasteiger partial charge in [0.1, 0.15) is 5.83 Å². The summed E-state index contributed by atoms with van der Waals surface area (Å²) < 4.78 is 13.8. The smallest absolute Gasteiger partial charge is 0.230 e. The molecule has 0 saturated carbocycles. The largest absolute Gasteiger partial charge is 0.361 e. The summed E-state index contributed by atoms with van der Waals surface area (Å²) in [5, 5.41) is 1.23. The zero-order chi connectivity index (χ0) is 19.1. The van der Waals surface area contributed by atoms with Crippen LogP contribution in [0.4, 0.5) is 4.39 Å². The first-order chi connectivity index (χ1) is 13.0. The van der Waals surface area contributed by atoms with Crippen LogP contribution in [0.25, 0.3) is 16.5 Å². The summed E-state index contributed by atoms with van der Waals surface area (Å²) in [7, 11) is 0. The fraction of sp³-hybridized carbons (Fsp3) is 0.409. The minimum atomic E-state index is -0.358. The maximum absolute atomic E-state index is 13.8. The Bertz CT molecular complexity index is 925. The zero-order valence-electron chi connectivity index (χ0n) is 16.0. The van der Waals surface area contributed by atoms with Crippen LogP contribution in [0.5, 0.6) is 0 Å². The number of nitrogens with one attached hydrogen (secondary N) is 1. The average molecular weight is 367 g/mol. The molecule has 0 spiro atoms. The van der Waals surface area contributed by atoms with E-state index in [0.717, 1.165) is 23.1 Å². The monoisotopic (exact) mass is 367 g/mol. The molecule has 1 N–H and O–H groups in total. The molecule has 0 bridgehead atoms. The van der Waals surface area contributed by atoms with Gasteiger partial charge in [-0.15, -0.1) is 0 Å². The molecule has 142 valence electrons. The molecule has 2 aliphatic rings. The number of aromatic nitrogens is 1. The predicted molar refractivity (Wildman–Crippen MR) is 107 cm³/mol. The third-order valence-corrected chi connectivity index (χ3v) is 5.89. The number of nitrogens with zero attached hydrogens (tertiary/aromatic N) is 2. The van der Waals surface area contributed by atoms with Crippen molar-refractivity contribution in [1.82, 2.24) is 14.8 Å². The summed E-state index contributed by atoms with van der Waals surface area (Å²) in [5.41, 5.74) is 4.67. The third kappa shape index (κ3) is 3.00. The second kappa shape index (κ2) is 6.97. The molecule has 4 rings (SSSR count). The Morgan fingerprint density at radius 3 is 2.85 bits per heavy atom. The second-order valence-corrected chi connectivity index (χ2v) is 7.45. The molecule has 1 aliphatic heterocycles. The van der Waals surface area contributed by atoms with Gasteiger partial charge in [0.05, 0.1) is 12.5 Å². The van der Waals surface area contributed by atoms with Gasteiger partial charge in [-0.05, 0) is 43.0 Å². The molecule has 0 saturated heterocycles. The van der Waals surface area contributed by atoms with Gasteiger partial charge in [0.2, 0.25) is 5.91 Å². The summed E-state index contributed by atoms with van der Waals surface area (Å²) in [5.74, 6) is -0.498. The molecule has 0 unspecified atom stereocenters. The van der Waals surface area contributed by atoms with Crippen LogP contribution < -0.4 is 0 Å². The van der Waals surface area contributed by atoms with Crippen LogP contribution in [-0.4, -0.2) is 52.9 Å². The first-order valence-corrected chi connectivity index (χ1v) is 9.70. The Morgan fingerprint density at radius 2 is 2.15 bits per heavy atom. The van der Waals surface area contributed by atoms with Gasteiger partial charge >= 0.3 is 0 Å². The zero-order valence-corrected chi connectivity index (χ0v) is 16.0. The molecule has 2 heterocycles.